The van der Waals surface area contributed by atoms with Gasteiger partial charge in [-0.2, -0.15) is 0 Å². The predicted molar refractivity (Wildman–Crippen MR) is 66.1 cm³/mol. The highest BCUT2D eigenvalue weighted by Gasteiger charge is 2.30. The van der Waals surface area contributed by atoms with Gasteiger partial charge < -0.3 is 10.6 Å². The smallest absolute Gasteiger partial charge is 0.225 e. The third-order valence-corrected chi connectivity index (χ3v) is 3.44. The van der Waals surface area contributed by atoms with E-state index in [1.165, 1.54) is 0 Å². The molecule has 16 heavy (non-hydrogen) atoms. The molecule has 1 saturated heterocycles. The summed E-state index contributed by atoms with van der Waals surface area (Å²) in [6.45, 7) is 12.4. The normalized spacial score (nSPS) is 19.2. The second-order valence-corrected chi connectivity index (χ2v) is 5.48. The van der Waals surface area contributed by atoms with E-state index in [1.807, 2.05) is 18.7 Å². The first-order valence-electron chi connectivity index (χ1n) is 6.12. The van der Waals surface area contributed by atoms with Crippen molar-refractivity contribution >= 4 is 5.91 Å². The van der Waals surface area contributed by atoms with E-state index in [0.29, 0.717) is 6.54 Å². The molecule has 0 aromatic carbocycles. The lowest BCUT2D eigenvalue weighted by Gasteiger charge is -2.43. The second kappa shape index (κ2) is 5.15. The van der Waals surface area contributed by atoms with Crippen molar-refractivity contribution in [3.63, 3.8) is 0 Å². The molecule has 0 spiro atoms. The van der Waals surface area contributed by atoms with Crippen LogP contribution in [0.4, 0.5) is 0 Å². The molecule has 1 amide bonds. The van der Waals surface area contributed by atoms with Crippen LogP contribution in [0.1, 0.15) is 27.7 Å². The van der Waals surface area contributed by atoms with Gasteiger partial charge in [-0.1, -0.05) is 13.8 Å². The molecule has 0 radical (unpaired) electrons. The first-order valence-corrected chi connectivity index (χ1v) is 6.12. The van der Waals surface area contributed by atoms with Gasteiger partial charge in [0.2, 0.25) is 5.91 Å². The fraction of sp³-hybridized carbons (Fsp3) is 0.917. The number of nitrogens with zero attached hydrogens (tertiary/aromatic N) is 2. The summed E-state index contributed by atoms with van der Waals surface area (Å²) in [7, 11) is 0. The average molecular weight is 227 g/mol. The van der Waals surface area contributed by atoms with Crippen molar-refractivity contribution < 1.29 is 4.79 Å². The van der Waals surface area contributed by atoms with Crippen molar-refractivity contribution in [2.75, 3.05) is 32.7 Å². The van der Waals surface area contributed by atoms with Gasteiger partial charge in [-0.3, -0.25) is 9.69 Å². The third kappa shape index (κ3) is 2.95. The maximum atomic E-state index is 11.8. The number of piperazine rings is 1. The molecule has 0 saturated carbocycles. The molecular weight excluding hydrogens is 202 g/mol. The van der Waals surface area contributed by atoms with E-state index in [4.69, 9.17) is 5.73 Å². The Morgan fingerprint density at radius 1 is 1.25 bits per heavy atom. The number of rotatable bonds is 3. The summed E-state index contributed by atoms with van der Waals surface area (Å²) in [4.78, 5) is 16.1. The Hall–Kier alpha value is -0.610. The average Bonchev–Trinajstić information content (AvgIpc) is 2.28. The minimum atomic E-state index is 0.0486. The standard InChI is InChI=1S/C12H25N3O/c1-10(2)11(16)14-5-7-15(8-6-14)12(3,4)9-13/h10H,5-9,13H2,1-4H3. The molecular formula is C12H25N3O. The number of hydrogen-bond acceptors (Lipinski definition) is 3. The fourth-order valence-electron chi connectivity index (χ4n) is 2.03. The first-order chi connectivity index (χ1) is 7.38. The van der Waals surface area contributed by atoms with Crippen molar-refractivity contribution in [1.82, 2.24) is 9.80 Å². The van der Waals surface area contributed by atoms with Crippen molar-refractivity contribution in [3.05, 3.63) is 0 Å². The minimum absolute atomic E-state index is 0.0486. The number of amides is 1. The van der Waals surface area contributed by atoms with Crippen molar-refractivity contribution in [3.8, 4) is 0 Å². The molecule has 1 rings (SSSR count). The summed E-state index contributed by atoms with van der Waals surface area (Å²) in [6, 6.07) is 0. The van der Waals surface area contributed by atoms with E-state index in [0.717, 1.165) is 26.2 Å². The van der Waals surface area contributed by atoms with Crippen molar-refractivity contribution in [2.24, 2.45) is 11.7 Å². The Kier molecular flexibility index (Phi) is 4.33. The van der Waals surface area contributed by atoms with Gasteiger partial charge in [-0.25, -0.2) is 0 Å². The number of carbonyl (C=O) groups excluding carboxylic acids is 1. The summed E-state index contributed by atoms with van der Waals surface area (Å²) >= 11 is 0. The molecule has 1 aliphatic heterocycles. The second-order valence-electron chi connectivity index (χ2n) is 5.48. The van der Waals surface area contributed by atoms with Gasteiger partial charge in [-0.15, -0.1) is 0 Å². The Bertz CT molecular complexity index is 243. The van der Waals surface area contributed by atoms with E-state index >= 15 is 0 Å². The third-order valence-electron chi connectivity index (χ3n) is 3.44. The molecule has 0 aliphatic carbocycles. The zero-order chi connectivity index (χ0) is 12.3. The van der Waals surface area contributed by atoms with E-state index in [2.05, 4.69) is 18.7 Å². The minimum Gasteiger partial charge on any atom is -0.340 e. The highest BCUT2D eigenvalue weighted by atomic mass is 16.2. The Balaban J connectivity index is 2.49. The molecule has 1 heterocycles. The monoisotopic (exact) mass is 227 g/mol. The van der Waals surface area contributed by atoms with E-state index in [-0.39, 0.29) is 17.4 Å². The van der Waals surface area contributed by atoms with E-state index < -0.39 is 0 Å². The lowest BCUT2D eigenvalue weighted by molar-refractivity contribution is -0.137. The topological polar surface area (TPSA) is 49.6 Å². The molecule has 2 N–H and O–H groups in total. The SMILES string of the molecule is CC(C)C(=O)N1CCN(C(C)(C)CN)CC1. The van der Waals surface area contributed by atoms with Crippen molar-refractivity contribution in [2.45, 2.75) is 33.2 Å². The van der Waals surface area contributed by atoms with Gasteiger partial charge in [-0.05, 0) is 13.8 Å². The van der Waals surface area contributed by atoms with Gasteiger partial charge in [0.15, 0.2) is 0 Å². The highest BCUT2D eigenvalue weighted by Crippen LogP contribution is 2.16. The van der Waals surface area contributed by atoms with Gasteiger partial charge in [0.25, 0.3) is 0 Å². The fourth-order valence-corrected chi connectivity index (χ4v) is 2.03. The first kappa shape index (κ1) is 13.5. The Labute approximate surface area is 98.8 Å². The summed E-state index contributed by atoms with van der Waals surface area (Å²) < 4.78 is 0. The predicted octanol–water partition coefficient (Wildman–Crippen LogP) is 0.524. The van der Waals surface area contributed by atoms with Crippen LogP contribution < -0.4 is 5.73 Å². The molecule has 1 aliphatic rings. The molecule has 0 aromatic rings. The van der Waals surface area contributed by atoms with Crippen LogP contribution in [-0.2, 0) is 4.79 Å². The molecule has 0 bridgehead atoms. The summed E-state index contributed by atoms with van der Waals surface area (Å²) in [5.41, 5.74) is 5.81. The van der Waals surface area contributed by atoms with Crippen LogP contribution in [0.2, 0.25) is 0 Å². The molecule has 0 aromatic heterocycles. The largest absolute Gasteiger partial charge is 0.340 e. The number of hydrogen-bond donors (Lipinski definition) is 1. The molecule has 1 fully saturated rings. The Morgan fingerprint density at radius 3 is 2.12 bits per heavy atom. The maximum absolute atomic E-state index is 11.8. The molecule has 94 valence electrons. The quantitative estimate of drug-likeness (QED) is 0.765. The molecule has 0 atom stereocenters. The summed E-state index contributed by atoms with van der Waals surface area (Å²) in [5.74, 6) is 0.374. The molecule has 4 nitrogen and oxygen atoms in total. The van der Waals surface area contributed by atoms with Crippen LogP contribution in [0.5, 0.6) is 0 Å². The van der Waals surface area contributed by atoms with Crippen LogP contribution in [-0.4, -0.2) is 54.0 Å². The molecule has 4 heteroatoms. The van der Waals surface area contributed by atoms with Crippen LogP contribution in [0.3, 0.4) is 0 Å². The van der Waals surface area contributed by atoms with Gasteiger partial charge in [0.05, 0.1) is 0 Å². The zero-order valence-corrected chi connectivity index (χ0v) is 11.0. The van der Waals surface area contributed by atoms with Crippen LogP contribution in [0.25, 0.3) is 0 Å². The molecule has 0 unspecified atom stereocenters. The lowest BCUT2D eigenvalue weighted by atomic mass is 10.0. The van der Waals surface area contributed by atoms with Gasteiger partial charge >= 0.3 is 0 Å². The summed E-state index contributed by atoms with van der Waals surface area (Å²) in [6.07, 6.45) is 0. The maximum Gasteiger partial charge on any atom is 0.225 e. The van der Waals surface area contributed by atoms with Crippen LogP contribution >= 0.6 is 0 Å². The van der Waals surface area contributed by atoms with Gasteiger partial charge in [0.1, 0.15) is 0 Å². The van der Waals surface area contributed by atoms with Crippen molar-refractivity contribution in [1.29, 1.82) is 0 Å². The van der Waals surface area contributed by atoms with E-state index in [9.17, 15) is 4.79 Å². The van der Waals surface area contributed by atoms with Crippen LogP contribution in [0.15, 0.2) is 0 Å². The lowest BCUT2D eigenvalue weighted by Crippen LogP contribution is -2.58. The number of carbonyl (C=O) groups is 1. The highest BCUT2D eigenvalue weighted by molar-refractivity contribution is 5.78. The van der Waals surface area contributed by atoms with Crippen LogP contribution in [0, 0.1) is 5.92 Å². The number of nitrogens with two attached hydrogens (primary N) is 1. The Morgan fingerprint density at radius 2 is 1.75 bits per heavy atom. The zero-order valence-electron chi connectivity index (χ0n) is 11.0. The van der Waals surface area contributed by atoms with E-state index in [1.54, 1.807) is 0 Å². The summed E-state index contributed by atoms with van der Waals surface area (Å²) in [5, 5.41) is 0. The van der Waals surface area contributed by atoms with Gasteiger partial charge in [0, 0.05) is 44.2 Å².